The van der Waals surface area contributed by atoms with Gasteiger partial charge in [-0.05, 0) is 40.0 Å². The third-order valence-corrected chi connectivity index (χ3v) is 2.50. The number of hydrogen-bond acceptors (Lipinski definition) is 2. The van der Waals surface area contributed by atoms with E-state index in [4.69, 9.17) is 4.74 Å². The Morgan fingerprint density at radius 1 is 1.43 bits per heavy atom. The second kappa shape index (κ2) is 4.99. The van der Waals surface area contributed by atoms with E-state index in [9.17, 15) is 4.79 Å². The quantitative estimate of drug-likeness (QED) is 0.384. The van der Waals surface area contributed by atoms with Crippen molar-refractivity contribution in [2.45, 2.75) is 40.0 Å². The Balaban J connectivity index is 2.58. The highest BCUT2D eigenvalue weighted by atomic mass is 16.5. The Morgan fingerprint density at radius 2 is 2.14 bits per heavy atom. The summed E-state index contributed by atoms with van der Waals surface area (Å²) < 4.78 is 4.87. The number of ether oxygens (including phenoxy) is 1. The normalized spacial score (nSPS) is 18.8. The minimum absolute atomic E-state index is 0.197. The predicted molar refractivity (Wildman–Crippen MR) is 56.9 cm³/mol. The first-order chi connectivity index (χ1) is 6.63. The Hall–Kier alpha value is -1.05. The highest BCUT2D eigenvalue weighted by Gasteiger charge is 2.14. The largest absolute Gasteiger partial charge is 0.463 e. The van der Waals surface area contributed by atoms with E-state index < -0.39 is 0 Å². The molecule has 0 spiro atoms. The van der Waals surface area contributed by atoms with E-state index >= 15 is 0 Å². The van der Waals surface area contributed by atoms with Gasteiger partial charge in [-0.3, -0.25) is 0 Å². The van der Waals surface area contributed by atoms with Gasteiger partial charge in [-0.15, -0.1) is 0 Å². The molecule has 0 aromatic carbocycles. The highest BCUT2D eigenvalue weighted by Crippen LogP contribution is 2.31. The Morgan fingerprint density at radius 3 is 2.64 bits per heavy atom. The van der Waals surface area contributed by atoms with Crippen LogP contribution in [0.2, 0.25) is 0 Å². The van der Waals surface area contributed by atoms with Crippen molar-refractivity contribution in [3.8, 4) is 0 Å². The van der Waals surface area contributed by atoms with Crippen LogP contribution >= 0.6 is 0 Å². The zero-order chi connectivity index (χ0) is 10.6. The maximum Gasteiger partial charge on any atom is 0.330 e. The minimum Gasteiger partial charge on any atom is -0.463 e. The lowest BCUT2D eigenvalue weighted by Gasteiger charge is -1.98. The van der Waals surface area contributed by atoms with Gasteiger partial charge < -0.3 is 4.74 Å². The van der Waals surface area contributed by atoms with Crippen molar-refractivity contribution in [1.82, 2.24) is 0 Å². The van der Waals surface area contributed by atoms with Crippen molar-refractivity contribution in [2.24, 2.45) is 0 Å². The molecule has 1 aliphatic rings. The summed E-state index contributed by atoms with van der Waals surface area (Å²) in [6.45, 7) is 6.54. The van der Waals surface area contributed by atoms with Crippen molar-refractivity contribution < 1.29 is 9.53 Å². The topological polar surface area (TPSA) is 26.3 Å². The van der Waals surface area contributed by atoms with Gasteiger partial charge in [0.2, 0.25) is 0 Å². The standard InChI is InChI=1S/C12H18O2/c1-4-14-12(13)8-10-5-6-11(7-10)9(2)3/h8H,4-7H2,1-3H3/b10-8-. The monoisotopic (exact) mass is 194 g/mol. The van der Waals surface area contributed by atoms with Crippen LogP contribution in [0.1, 0.15) is 40.0 Å². The lowest BCUT2D eigenvalue weighted by molar-refractivity contribution is -0.137. The summed E-state index contributed by atoms with van der Waals surface area (Å²) in [7, 11) is 0. The fourth-order valence-corrected chi connectivity index (χ4v) is 1.66. The van der Waals surface area contributed by atoms with Crippen LogP contribution in [-0.2, 0) is 9.53 Å². The molecular weight excluding hydrogens is 176 g/mol. The number of hydrogen-bond donors (Lipinski definition) is 0. The second-order valence-electron chi connectivity index (χ2n) is 3.83. The van der Waals surface area contributed by atoms with E-state index in [1.165, 1.54) is 16.7 Å². The van der Waals surface area contributed by atoms with Crippen LogP contribution in [0.15, 0.2) is 22.8 Å². The van der Waals surface area contributed by atoms with Crippen molar-refractivity contribution in [2.75, 3.05) is 6.61 Å². The first kappa shape index (κ1) is 11.0. The maximum atomic E-state index is 11.2. The van der Waals surface area contributed by atoms with Crippen molar-refractivity contribution >= 4 is 5.97 Å². The molecule has 0 aromatic rings. The minimum atomic E-state index is -0.197. The van der Waals surface area contributed by atoms with Gasteiger partial charge in [-0.2, -0.15) is 0 Å². The van der Waals surface area contributed by atoms with Gasteiger partial charge in [0.15, 0.2) is 0 Å². The fraction of sp³-hybridized carbons (Fsp3) is 0.583. The Bertz CT molecular complexity index is 281. The van der Waals surface area contributed by atoms with E-state index in [-0.39, 0.29) is 5.97 Å². The molecule has 1 aliphatic carbocycles. The van der Waals surface area contributed by atoms with Gasteiger partial charge in [-0.25, -0.2) is 4.79 Å². The van der Waals surface area contributed by atoms with Gasteiger partial charge in [0.25, 0.3) is 0 Å². The summed E-state index contributed by atoms with van der Waals surface area (Å²) in [5.74, 6) is -0.197. The molecule has 2 nitrogen and oxygen atoms in total. The van der Waals surface area contributed by atoms with Gasteiger partial charge in [-0.1, -0.05) is 16.7 Å². The molecule has 14 heavy (non-hydrogen) atoms. The molecule has 1 fully saturated rings. The summed E-state index contributed by atoms with van der Waals surface area (Å²) in [6.07, 6.45) is 4.73. The molecule has 78 valence electrons. The third-order valence-electron chi connectivity index (χ3n) is 2.50. The molecule has 0 N–H and O–H groups in total. The fourth-order valence-electron chi connectivity index (χ4n) is 1.66. The van der Waals surface area contributed by atoms with Crippen molar-refractivity contribution in [3.05, 3.63) is 22.8 Å². The van der Waals surface area contributed by atoms with E-state index in [1.807, 2.05) is 6.92 Å². The number of allylic oxidation sites excluding steroid dienone is 3. The first-order valence-electron chi connectivity index (χ1n) is 5.15. The molecule has 0 aliphatic heterocycles. The van der Waals surface area contributed by atoms with Crippen molar-refractivity contribution in [1.29, 1.82) is 0 Å². The van der Waals surface area contributed by atoms with E-state index in [2.05, 4.69) is 13.8 Å². The molecule has 0 radical (unpaired) electrons. The molecule has 0 unspecified atom stereocenters. The SMILES string of the molecule is CCOC(=O)/C=C1/CCC(=C(C)C)C1. The zero-order valence-electron chi connectivity index (χ0n) is 9.22. The van der Waals surface area contributed by atoms with Gasteiger partial charge >= 0.3 is 5.97 Å². The summed E-state index contributed by atoms with van der Waals surface area (Å²) >= 11 is 0. The molecule has 0 atom stereocenters. The summed E-state index contributed by atoms with van der Waals surface area (Å²) in [5.41, 5.74) is 4.07. The summed E-state index contributed by atoms with van der Waals surface area (Å²) in [5, 5.41) is 0. The number of carbonyl (C=O) groups is 1. The molecule has 1 rings (SSSR count). The van der Waals surface area contributed by atoms with Gasteiger partial charge in [0.1, 0.15) is 0 Å². The lowest BCUT2D eigenvalue weighted by atomic mass is 10.1. The molecule has 0 bridgehead atoms. The Kier molecular flexibility index (Phi) is 3.93. The summed E-state index contributed by atoms with van der Waals surface area (Å²) in [6, 6.07) is 0. The van der Waals surface area contributed by atoms with Gasteiger partial charge in [0, 0.05) is 6.08 Å². The average molecular weight is 194 g/mol. The number of carbonyl (C=O) groups excluding carboxylic acids is 1. The molecule has 2 heteroatoms. The lowest BCUT2D eigenvalue weighted by Crippen LogP contribution is -2.00. The van der Waals surface area contributed by atoms with Crippen LogP contribution in [-0.4, -0.2) is 12.6 Å². The van der Waals surface area contributed by atoms with E-state index in [1.54, 1.807) is 6.08 Å². The molecule has 0 aromatic heterocycles. The summed E-state index contributed by atoms with van der Waals surface area (Å²) in [4.78, 5) is 11.2. The van der Waals surface area contributed by atoms with E-state index in [0.717, 1.165) is 19.3 Å². The molecule has 0 amide bonds. The van der Waals surface area contributed by atoms with Crippen LogP contribution in [0.5, 0.6) is 0 Å². The number of rotatable bonds is 2. The predicted octanol–water partition coefficient (Wildman–Crippen LogP) is 3.00. The van der Waals surface area contributed by atoms with Crippen LogP contribution in [0.3, 0.4) is 0 Å². The average Bonchev–Trinajstić information content (AvgIpc) is 2.53. The highest BCUT2D eigenvalue weighted by molar-refractivity contribution is 5.83. The Labute approximate surface area is 85.6 Å². The van der Waals surface area contributed by atoms with Gasteiger partial charge in [0.05, 0.1) is 6.61 Å². The molecular formula is C12H18O2. The van der Waals surface area contributed by atoms with Crippen LogP contribution in [0, 0.1) is 0 Å². The smallest absolute Gasteiger partial charge is 0.330 e. The number of esters is 1. The molecule has 1 saturated carbocycles. The van der Waals surface area contributed by atoms with E-state index in [0.29, 0.717) is 6.61 Å². The van der Waals surface area contributed by atoms with Crippen LogP contribution in [0.25, 0.3) is 0 Å². The third kappa shape index (κ3) is 3.02. The molecule has 0 heterocycles. The first-order valence-corrected chi connectivity index (χ1v) is 5.15. The van der Waals surface area contributed by atoms with Crippen LogP contribution < -0.4 is 0 Å². The maximum absolute atomic E-state index is 11.2. The molecule has 0 saturated heterocycles. The van der Waals surface area contributed by atoms with Crippen molar-refractivity contribution in [3.63, 3.8) is 0 Å². The second-order valence-corrected chi connectivity index (χ2v) is 3.83. The van der Waals surface area contributed by atoms with Crippen LogP contribution in [0.4, 0.5) is 0 Å². The zero-order valence-corrected chi connectivity index (χ0v) is 9.22.